The van der Waals surface area contributed by atoms with Crippen molar-refractivity contribution in [1.29, 1.82) is 0 Å². The second-order valence-electron chi connectivity index (χ2n) is 5.34. The molecule has 5 heteroatoms. The van der Waals surface area contributed by atoms with Crippen molar-refractivity contribution in [3.05, 3.63) is 49.6 Å². The Hall–Kier alpha value is -1.17. The van der Waals surface area contributed by atoms with E-state index in [1.54, 1.807) is 16.2 Å². The fourth-order valence-corrected chi connectivity index (χ4v) is 4.48. The van der Waals surface area contributed by atoms with E-state index < -0.39 is 0 Å². The van der Waals surface area contributed by atoms with Gasteiger partial charge in [-0.1, -0.05) is 12.1 Å². The number of halogens is 1. The van der Waals surface area contributed by atoms with Crippen molar-refractivity contribution < 1.29 is 4.79 Å². The van der Waals surface area contributed by atoms with Crippen LogP contribution in [0.4, 0.5) is 5.69 Å². The molecule has 2 aromatic rings. The molecule has 1 atom stereocenters. The Morgan fingerprint density at radius 1 is 1.38 bits per heavy atom. The van der Waals surface area contributed by atoms with Gasteiger partial charge in [0, 0.05) is 17.6 Å². The van der Waals surface area contributed by atoms with Crippen LogP contribution in [0.15, 0.2) is 28.1 Å². The van der Waals surface area contributed by atoms with Gasteiger partial charge in [-0.2, -0.15) is 0 Å². The molecule has 3 rings (SSSR count). The van der Waals surface area contributed by atoms with Crippen molar-refractivity contribution in [3.63, 3.8) is 0 Å². The highest BCUT2D eigenvalue weighted by Gasteiger charge is 2.25. The lowest BCUT2D eigenvalue weighted by Gasteiger charge is -2.17. The summed E-state index contributed by atoms with van der Waals surface area (Å²) >= 11 is 5.34. The van der Waals surface area contributed by atoms with Crippen molar-refractivity contribution in [2.45, 2.75) is 19.4 Å². The van der Waals surface area contributed by atoms with Gasteiger partial charge in [-0.15, -0.1) is 11.3 Å². The minimum atomic E-state index is 0.159. The molecular weight excluding hydrogens is 348 g/mol. The summed E-state index contributed by atoms with van der Waals surface area (Å²) in [5.74, 6) is 0.165. The van der Waals surface area contributed by atoms with Crippen LogP contribution in [-0.2, 0) is 11.2 Å². The highest BCUT2D eigenvalue weighted by atomic mass is 79.9. The molecule has 110 valence electrons. The number of hydrogen-bond donors (Lipinski definition) is 1. The Labute approximate surface area is 137 Å². The van der Waals surface area contributed by atoms with E-state index in [2.05, 4.69) is 52.4 Å². The van der Waals surface area contributed by atoms with Gasteiger partial charge in [0.25, 0.3) is 0 Å². The molecule has 0 saturated heterocycles. The van der Waals surface area contributed by atoms with Crippen molar-refractivity contribution in [2.75, 3.05) is 19.0 Å². The van der Waals surface area contributed by atoms with E-state index in [1.807, 2.05) is 14.1 Å². The zero-order valence-electron chi connectivity index (χ0n) is 12.2. The van der Waals surface area contributed by atoms with Gasteiger partial charge in [0.15, 0.2) is 0 Å². The monoisotopic (exact) mass is 364 g/mol. The average Bonchev–Trinajstić information content (AvgIpc) is 2.92. The molecule has 2 heterocycles. The highest BCUT2D eigenvalue weighted by Crippen LogP contribution is 2.36. The summed E-state index contributed by atoms with van der Waals surface area (Å²) in [6.45, 7) is 2.10. The number of carbonyl (C=O) groups is 1. The van der Waals surface area contributed by atoms with Crippen LogP contribution in [0.5, 0.6) is 0 Å². The summed E-state index contributed by atoms with van der Waals surface area (Å²) < 4.78 is 1.17. The summed E-state index contributed by atoms with van der Waals surface area (Å²) in [7, 11) is 3.81. The highest BCUT2D eigenvalue weighted by molar-refractivity contribution is 9.11. The van der Waals surface area contributed by atoms with Crippen molar-refractivity contribution >= 4 is 38.9 Å². The molecular formula is C16H17BrN2OS. The van der Waals surface area contributed by atoms with Gasteiger partial charge >= 0.3 is 0 Å². The molecule has 0 radical (unpaired) electrons. The van der Waals surface area contributed by atoms with Crippen molar-refractivity contribution in [3.8, 4) is 0 Å². The Morgan fingerprint density at radius 2 is 2.14 bits per heavy atom. The maximum absolute atomic E-state index is 11.8. The maximum Gasteiger partial charge on any atom is 0.231 e. The Balaban J connectivity index is 1.99. The number of nitrogens with zero attached hydrogens (tertiary/aromatic N) is 1. The maximum atomic E-state index is 11.8. The first-order chi connectivity index (χ1) is 10.0. The van der Waals surface area contributed by atoms with Gasteiger partial charge < -0.3 is 10.2 Å². The largest absolute Gasteiger partial charge is 0.315 e. The summed E-state index contributed by atoms with van der Waals surface area (Å²) in [5.41, 5.74) is 4.61. The van der Waals surface area contributed by atoms with Crippen LogP contribution in [-0.4, -0.2) is 20.0 Å². The molecule has 3 nitrogen and oxygen atoms in total. The van der Waals surface area contributed by atoms with Crippen LogP contribution in [0.1, 0.15) is 27.6 Å². The lowest BCUT2D eigenvalue weighted by atomic mass is 10.0. The second kappa shape index (κ2) is 5.55. The standard InChI is InChI=1S/C16H17BrN2OS/c1-9-6-13(21-16(9)17)15(18-2)10-4-5-12-11(7-10)8-14(20)19(12)3/h4-7,15,18H,8H2,1-3H3. The molecule has 1 aliphatic heterocycles. The van der Waals surface area contributed by atoms with Crippen LogP contribution < -0.4 is 10.2 Å². The average molecular weight is 365 g/mol. The molecule has 1 aromatic carbocycles. The number of nitrogens with one attached hydrogen (secondary N) is 1. The van der Waals surface area contributed by atoms with Gasteiger partial charge in [0.2, 0.25) is 5.91 Å². The molecule has 0 spiro atoms. The number of carbonyl (C=O) groups excluding carboxylic acids is 1. The van der Waals surface area contributed by atoms with Gasteiger partial charge in [-0.05, 0) is 58.7 Å². The topological polar surface area (TPSA) is 32.3 Å². The van der Waals surface area contributed by atoms with Gasteiger partial charge in [0.1, 0.15) is 0 Å². The van der Waals surface area contributed by atoms with E-state index in [9.17, 15) is 4.79 Å². The molecule has 1 unspecified atom stereocenters. The normalized spacial score (nSPS) is 15.4. The van der Waals surface area contributed by atoms with Crippen LogP contribution >= 0.6 is 27.3 Å². The predicted octanol–water partition coefficient (Wildman–Crippen LogP) is 3.65. The zero-order chi connectivity index (χ0) is 15.1. The molecule has 0 fully saturated rings. The van der Waals surface area contributed by atoms with Crippen molar-refractivity contribution in [2.24, 2.45) is 0 Å². The van der Waals surface area contributed by atoms with E-state index in [0.717, 1.165) is 11.3 Å². The number of amides is 1. The first-order valence-corrected chi connectivity index (χ1v) is 8.44. The number of benzene rings is 1. The Morgan fingerprint density at radius 3 is 2.76 bits per heavy atom. The van der Waals surface area contributed by atoms with Gasteiger partial charge in [-0.3, -0.25) is 4.79 Å². The fraction of sp³-hybridized carbons (Fsp3) is 0.312. The van der Waals surface area contributed by atoms with Gasteiger partial charge in [-0.25, -0.2) is 0 Å². The minimum absolute atomic E-state index is 0.159. The molecule has 1 amide bonds. The first kappa shape index (κ1) is 14.8. The summed E-state index contributed by atoms with van der Waals surface area (Å²) in [4.78, 5) is 14.8. The lowest BCUT2D eigenvalue weighted by Crippen LogP contribution is -2.20. The third kappa shape index (κ3) is 2.54. The van der Waals surface area contributed by atoms with E-state index in [0.29, 0.717) is 6.42 Å². The summed E-state index contributed by atoms with van der Waals surface area (Å²) in [6.07, 6.45) is 0.503. The SMILES string of the molecule is CNC(c1ccc2c(c1)CC(=O)N2C)c1cc(C)c(Br)s1. The molecule has 0 aliphatic carbocycles. The van der Waals surface area contributed by atoms with E-state index in [-0.39, 0.29) is 11.9 Å². The third-order valence-corrected chi connectivity index (χ3v) is 6.16. The smallest absolute Gasteiger partial charge is 0.231 e. The quantitative estimate of drug-likeness (QED) is 0.901. The minimum Gasteiger partial charge on any atom is -0.315 e. The molecule has 0 saturated carbocycles. The summed E-state index contributed by atoms with van der Waals surface area (Å²) in [5, 5.41) is 3.38. The number of likely N-dealkylation sites (N-methyl/N-ethyl adjacent to an activating group) is 1. The summed E-state index contributed by atoms with van der Waals surface area (Å²) in [6, 6.07) is 8.68. The molecule has 0 bridgehead atoms. The lowest BCUT2D eigenvalue weighted by molar-refractivity contribution is -0.117. The third-order valence-electron chi connectivity index (χ3n) is 3.96. The van der Waals surface area contributed by atoms with E-state index >= 15 is 0 Å². The van der Waals surface area contributed by atoms with Gasteiger partial charge in [0.05, 0.1) is 16.2 Å². The predicted molar refractivity (Wildman–Crippen MR) is 91.2 cm³/mol. The fourth-order valence-electron chi connectivity index (χ4n) is 2.77. The molecule has 1 N–H and O–H groups in total. The first-order valence-electron chi connectivity index (χ1n) is 6.83. The Kier molecular flexibility index (Phi) is 3.90. The Bertz CT molecular complexity index is 691. The molecule has 1 aromatic heterocycles. The number of thiophene rings is 1. The van der Waals surface area contributed by atoms with E-state index in [4.69, 9.17) is 0 Å². The van der Waals surface area contributed by atoms with E-state index in [1.165, 1.54) is 19.8 Å². The van der Waals surface area contributed by atoms with Crippen LogP contribution in [0.2, 0.25) is 0 Å². The molecule has 21 heavy (non-hydrogen) atoms. The molecule has 1 aliphatic rings. The second-order valence-corrected chi connectivity index (χ2v) is 7.75. The number of anilines is 1. The number of hydrogen-bond acceptors (Lipinski definition) is 3. The number of rotatable bonds is 3. The van der Waals surface area contributed by atoms with Crippen LogP contribution in [0, 0.1) is 6.92 Å². The van der Waals surface area contributed by atoms with Crippen LogP contribution in [0.25, 0.3) is 0 Å². The zero-order valence-corrected chi connectivity index (χ0v) is 14.6. The number of aryl methyl sites for hydroxylation is 1. The number of fused-ring (bicyclic) bond motifs is 1. The van der Waals surface area contributed by atoms with Crippen molar-refractivity contribution in [1.82, 2.24) is 5.32 Å². The van der Waals surface area contributed by atoms with Crippen LogP contribution in [0.3, 0.4) is 0 Å².